The summed E-state index contributed by atoms with van der Waals surface area (Å²) in [6.07, 6.45) is 3.85. The molecule has 1 aromatic heterocycles. The van der Waals surface area contributed by atoms with E-state index in [4.69, 9.17) is 4.74 Å². The average molecular weight is 363 g/mol. The molecular weight excluding hydrogens is 339 g/mol. The lowest BCUT2D eigenvalue weighted by Crippen LogP contribution is -2.40. The Morgan fingerprint density at radius 2 is 2.13 bits per heavy atom. The molecule has 1 aromatic rings. The molecule has 0 aromatic carbocycles. The minimum atomic E-state index is -0.0226. The van der Waals surface area contributed by atoms with Crippen molar-refractivity contribution in [3.8, 4) is 0 Å². The van der Waals surface area contributed by atoms with Crippen LogP contribution in [0.4, 0.5) is 5.82 Å². The molecule has 0 spiro atoms. The Morgan fingerprint density at radius 1 is 1.35 bits per heavy atom. The van der Waals surface area contributed by atoms with Crippen molar-refractivity contribution in [1.82, 2.24) is 15.6 Å². The molecule has 6 nitrogen and oxygen atoms in total. The number of halogens is 2. The average Bonchev–Trinajstić information content (AvgIpc) is 3.08. The number of ether oxygens (including phenoxy) is 1. The molecule has 130 valence electrons. The maximum Gasteiger partial charge on any atom is 0.237 e. The van der Waals surface area contributed by atoms with E-state index in [-0.39, 0.29) is 36.8 Å². The van der Waals surface area contributed by atoms with Gasteiger partial charge in [0.2, 0.25) is 5.91 Å². The zero-order valence-corrected chi connectivity index (χ0v) is 14.6. The minimum absolute atomic E-state index is 0. The first-order valence-corrected chi connectivity index (χ1v) is 7.61. The van der Waals surface area contributed by atoms with E-state index in [0.717, 1.165) is 57.1 Å². The van der Waals surface area contributed by atoms with Gasteiger partial charge >= 0.3 is 0 Å². The zero-order chi connectivity index (χ0) is 14.5. The van der Waals surface area contributed by atoms with Gasteiger partial charge in [-0.1, -0.05) is 6.07 Å². The third-order valence-corrected chi connectivity index (χ3v) is 3.99. The van der Waals surface area contributed by atoms with Gasteiger partial charge in [0.15, 0.2) is 0 Å². The van der Waals surface area contributed by atoms with Crippen LogP contribution in [0, 0.1) is 0 Å². The fourth-order valence-corrected chi connectivity index (χ4v) is 2.72. The standard InChI is InChI=1S/C15H22N4O2.2ClH/c20-15(13-2-1-5-16-13)18-11-12-3-4-14(17-10-12)19-6-8-21-9-7-19;;/h3-4,10,13,16H,1-2,5-9,11H2,(H,18,20);2*1H/t13-;;/m0../s1. The van der Waals surface area contributed by atoms with Crippen LogP contribution in [0.3, 0.4) is 0 Å². The van der Waals surface area contributed by atoms with Crippen molar-refractivity contribution in [3.63, 3.8) is 0 Å². The highest BCUT2D eigenvalue weighted by atomic mass is 35.5. The lowest BCUT2D eigenvalue weighted by Gasteiger charge is -2.27. The third-order valence-electron chi connectivity index (χ3n) is 3.99. The Morgan fingerprint density at radius 3 is 2.74 bits per heavy atom. The largest absolute Gasteiger partial charge is 0.378 e. The van der Waals surface area contributed by atoms with Crippen molar-refractivity contribution in [2.45, 2.75) is 25.4 Å². The molecule has 3 heterocycles. The van der Waals surface area contributed by atoms with Gasteiger partial charge in [0, 0.05) is 25.8 Å². The molecule has 0 saturated carbocycles. The monoisotopic (exact) mass is 362 g/mol. The highest BCUT2D eigenvalue weighted by Gasteiger charge is 2.21. The molecule has 1 amide bonds. The summed E-state index contributed by atoms with van der Waals surface area (Å²) < 4.78 is 5.34. The molecule has 0 bridgehead atoms. The number of morpholine rings is 1. The van der Waals surface area contributed by atoms with Crippen LogP contribution in [0.15, 0.2) is 18.3 Å². The number of nitrogens with one attached hydrogen (secondary N) is 2. The molecule has 23 heavy (non-hydrogen) atoms. The fourth-order valence-electron chi connectivity index (χ4n) is 2.72. The molecule has 3 rings (SSSR count). The van der Waals surface area contributed by atoms with E-state index in [1.54, 1.807) is 0 Å². The van der Waals surface area contributed by atoms with Crippen LogP contribution in [0.2, 0.25) is 0 Å². The van der Waals surface area contributed by atoms with Gasteiger partial charge < -0.3 is 20.3 Å². The highest BCUT2D eigenvalue weighted by molar-refractivity contribution is 5.85. The van der Waals surface area contributed by atoms with Crippen molar-refractivity contribution in [2.75, 3.05) is 37.7 Å². The Bertz CT molecular complexity index is 475. The Balaban J connectivity index is 0.00000132. The maximum atomic E-state index is 11.9. The highest BCUT2D eigenvalue weighted by Crippen LogP contribution is 2.13. The molecule has 1 atom stereocenters. The van der Waals surface area contributed by atoms with Gasteiger partial charge in [0.05, 0.1) is 19.3 Å². The second-order valence-electron chi connectivity index (χ2n) is 5.49. The summed E-state index contributed by atoms with van der Waals surface area (Å²) in [5.41, 5.74) is 1.03. The molecular formula is C15H24Cl2N4O2. The predicted octanol–water partition coefficient (Wildman–Crippen LogP) is 1.13. The molecule has 2 N–H and O–H groups in total. The second kappa shape index (κ2) is 9.93. The summed E-state index contributed by atoms with van der Waals surface area (Å²) in [4.78, 5) is 18.6. The molecule has 8 heteroatoms. The van der Waals surface area contributed by atoms with Gasteiger partial charge in [-0.3, -0.25) is 4.79 Å². The van der Waals surface area contributed by atoms with Gasteiger partial charge in [0.25, 0.3) is 0 Å². The number of nitrogens with zero attached hydrogens (tertiary/aromatic N) is 2. The number of carbonyl (C=O) groups is 1. The van der Waals surface area contributed by atoms with Gasteiger partial charge in [0.1, 0.15) is 5.82 Å². The number of hydrogen-bond acceptors (Lipinski definition) is 5. The van der Waals surface area contributed by atoms with Crippen molar-refractivity contribution in [3.05, 3.63) is 23.9 Å². The van der Waals surface area contributed by atoms with Crippen molar-refractivity contribution in [2.24, 2.45) is 0 Å². The van der Waals surface area contributed by atoms with Crippen LogP contribution in [-0.2, 0) is 16.1 Å². The van der Waals surface area contributed by atoms with Crippen LogP contribution < -0.4 is 15.5 Å². The van der Waals surface area contributed by atoms with E-state index in [2.05, 4.69) is 20.5 Å². The number of hydrogen-bond donors (Lipinski definition) is 2. The Labute approximate surface area is 149 Å². The van der Waals surface area contributed by atoms with E-state index in [9.17, 15) is 4.79 Å². The molecule has 0 unspecified atom stereocenters. The topological polar surface area (TPSA) is 66.5 Å². The van der Waals surface area contributed by atoms with Gasteiger partial charge in [-0.2, -0.15) is 0 Å². The van der Waals surface area contributed by atoms with Gasteiger partial charge in [-0.15, -0.1) is 24.8 Å². The summed E-state index contributed by atoms with van der Waals surface area (Å²) in [6, 6.07) is 4.02. The van der Waals surface area contributed by atoms with Crippen LogP contribution >= 0.6 is 24.8 Å². The van der Waals surface area contributed by atoms with E-state index < -0.39 is 0 Å². The molecule has 0 aliphatic carbocycles. The number of pyridine rings is 1. The number of aromatic nitrogens is 1. The molecule has 2 fully saturated rings. The molecule has 0 radical (unpaired) electrons. The molecule has 2 aliphatic heterocycles. The molecule has 2 saturated heterocycles. The predicted molar refractivity (Wildman–Crippen MR) is 94.6 cm³/mol. The third kappa shape index (κ3) is 5.49. The number of carbonyl (C=O) groups excluding carboxylic acids is 1. The quantitative estimate of drug-likeness (QED) is 0.840. The van der Waals surface area contributed by atoms with Gasteiger partial charge in [-0.05, 0) is 31.0 Å². The number of rotatable bonds is 4. The first-order valence-electron chi connectivity index (χ1n) is 7.61. The van der Waals surface area contributed by atoms with Crippen LogP contribution in [0.5, 0.6) is 0 Å². The zero-order valence-electron chi connectivity index (χ0n) is 13.0. The van der Waals surface area contributed by atoms with Gasteiger partial charge in [-0.25, -0.2) is 4.98 Å². The van der Waals surface area contributed by atoms with Crippen molar-refractivity contribution < 1.29 is 9.53 Å². The first-order chi connectivity index (χ1) is 10.3. The Hall–Kier alpha value is -1.08. The number of anilines is 1. The van der Waals surface area contributed by atoms with Crippen molar-refractivity contribution >= 4 is 36.5 Å². The summed E-state index contributed by atoms with van der Waals surface area (Å²) in [6.45, 7) is 4.76. The van der Waals surface area contributed by atoms with E-state index in [0.29, 0.717) is 6.54 Å². The fraction of sp³-hybridized carbons (Fsp3) is 0.600. The van der Waals surface area contributed by atoms with Crippen molar-refractivity contribution in [1.29, 1.82) is 0 Å². The Kier molecular flexibility index (Phi) is 8.62. The minimum Gasteiger partial charge on any atom is -0.378 e. The summed E-state index contributed by atoms with van der Waals surface area (Å²) >= 11 is 0. The number of amides is 1. The SMILES string of the molecule is Cl.Cl.O=C(NCc1ccc(N2CCOCC2)nc1)[C@@H]1CCCN1. The lowest BCUT2D eigenvalue weighted by atomic mass is 10.2. The van der Waals surface area contributed by atoms with E-state index >= 15 is 0 Å². The lowest BCUT2D eigenvalue weighted by molar-refractivity contribution is -0.122. The first kappa shape index (κ1) is 20.0. The molecule has 2 aliphatic rings. The maximum absolute atomic E-state index is 11.9. The summed E-state index contributed by atoms with van der Waals surface area (Å²) in [7, 11) is 0. The van der Waals surface area contributed by atoms with Crippen LogP contribution in [-0.4, -0.2) is 49.8 Å². The van der Waals surface area contributed by atoms with E-state index in [1.165, 1.54) is 0 Å². The van der Waals surface area contributed by atoms with Crippen LogP contribution in [0.1, 0.15) is 18.4 Å². The van der Waals surface area contributed by atoms with Crippen LogP contribution in [0.25, 0.3) is 0 Å². The smallest absolute Gasteiger partial charge is 0.237 e. The summed E-state index contributed by atoms with van der Waals surface area (Å²) in [5.74, 6) is 1.07. The summed E-state index contributed by atoms with van der Waals surface area (Å²) in [5, 5.41) is 6.16. The normalized spacial score (nSPS) is 20.3. The second-order valence-corrected chi connectivity index (χ2v) is 5.49. The van der Waals surface area contributed by atoms with E-state index in [1.807, 2.05) is 18.3 Å².